The number of rotatable bonds is 9. The molecule has 0 radical (unpaired) electrons. The number of carbonyl (C=O) groups excluding carboxylic acids is 1. The molecule has 3 aromatic rings. The van der Waals surface area contributed by atoms with Crippen molar-refractivity contribution in [3.05, 3.63) is 81.8 Å². The number of fused-ring (bicyclic) bond motifs is 1. The third-order valence-corrected chi connectivity index (χ3v) is 7.56. The van der Waals surface area contributed by atoms with E-state index in [1.807, 2.05) is 42.5 Å². The number of thiazole rings is 1. The number of nitrogens with one attached hydrogen (secondary N) is 2. The standard InChI is InChI=1S/C26H31N5OS/c1-3-30(4-2)26(32)19-10-8-18(9-11-19)25(31-22-15-27-16-23(22)31)20-6-5-7-21(14-20)29-17-24-28-12-13-33-24/h5-14,22-23,25,27,29H,3-4,15-17H2,1-2H3/t22-,23?,25?,31?/m1/s1. The van der Waals surface area contributed by atoms with Gasteiger partial charge >= 0.3 is 0 Å². The number of carbonyl (C=O) groups is 1. The van der Waals surface area contributed by atoms with Crippen LogP contribution in [0.25, 0.3) is 0 Å². The Hall–Kier alpha value is -2.74. The molecular weight excluding hydrogens is 430 g/mol. The van der Waals surface area contributed by atoms with Crippen LogP contribution in [0.15, 0.2) is 60.1 Å². The van der Waals surface area contributed by atoms with Crippen molar-refractivity contribution in [1.29, 1.82) is 0 Å². The molecule has 5 rings (SSSR count). The number of hydrogen-bond acceptors (Lipinski definition) is 6. The van der Waals surface area contributed by atoms with E-state index in [1.54, 1.807) is 11.3 Å². The molecule has 6 nitrogen and oxygen atoms in total. The van der Waals surface area contributed by atoms with E-state index in [9.17, 15) is 4.79 Å². The number of hydrogen-bond donors (Lipinski definition) is 2. The Morgan fingerprint density at radius 2 is 1.91 bits per heavy atom. The van der Waals surface area contributed by atoms with E-state index >= 15 is 0 Å². The molecule has 0 aliphatic carbocycles. The Labute approximate surface area is 199 Å². The second kappa shape index (κ2) is 9.63. The molecule has 2 aliphatic heterocycles. The Morgan fingerprint density at radius 3 is 2.58 bits per heavy atom. The number of benzene rings is 2. The molecule has 2 saturated heterocycles. The quantitative estimate of drug-likeness (QED) is 0.472. The molecule has 2 aromatic carbocycles. The Kier molecular flexibility index (Phi) is 6.44. The van der Waals surface area contributed by atoms with Gasteiger partial charge in [0.05, 0.1) is 12.6 Å². The maximum atomic E-state index is 12.8. The van der Waals surface area contributed by atoms with Gasteiger partial charge in [-0.25, -0.2) is 4.98 Å². The lowest BCUT2D eigenvalue weighted by Crippen LogP contribution is -2.30. The molecule has 33 heavy (non-hydrogen) atoms. The van der Waals surface area contributed by atoms with Crippen molar-refractivity contribution in [2.24, 2.45) is 0 Å². The largest absolute Gasteiger partial charge is 0.379 e. The van der Waals surface area contributed by atoms with E-state index in [0.717, 1.165) is 49.0 Å². The smallest absolute Gasteiger partial charge is 0.253 e. The van der Waals surface area contributed by atoms with E-state index in [-0.39, 0.29) is 11.9 Å². The van der Waals surface area contributed by atoms with E-state index in [4.69, 9.17) is 0 Å². The molecule has 0 spiro atoms. The molecular formula is C26H31N5OS. The third-order valence-electron chi connectivity index (χ3n) is 6.78. The van der Waals surface area contributed by atoms with Crippen molar-refractivity contribution in [3.8, 4) is 0 Å². The maximum Gasteiger partial charge on any atom is 0.253 e. The highest BCUT2D eigenvalue weighted by atomic mass is 32.1. The minimum Gasteiger partial charge on any atom is -0.379 e. The monoisotopic (exact) mass is 461 g/mol. The van der Waals surface area contributed by atoms with Crippen LogP contribution < -0.4 is 10.6 Å². The average Bonchev–Trinajstić information content (AvgIpc) is 3.24. The van der Waals surface area contributed by atoms with Crippen LogP contribution in [-0.4, -0.2) is 59.0 Å². The molecule has 4 atom stereocenters. The zero-order valence-electron chi connectivity index (χ0n) is 19.2. The summed E-state index contributed by atoms with van der Waals surface area (Å²) in [5, 5.41) is 10.1. The van der Waals surface area contributed by atoms with Crippen LogP contribution in [0.5, 0.6) is 0 Å². The van der Waals surface area contributed by atoms with Crippen molar-refractivity contribution in [2.75, 3.05) is 31.5 Å². The SMILES string of the molecule is CCN(CC)C(=O)c1ccc(C(c2cccc(NCc3nccs3)c2)N2C3CNC[C@H]32)cc1. The van der Waals surface area contributed by atoms with Crippen molar-refractivity contribution >= 4 is 22.9 Å². The van der Waals surface area contributed by atoms with E-state index in [1.165, 1.54) is 11.1 Å². The number of amides is 1. The highest BCUT2D eigenvalue weighted by Gasteiger charge is 2.54. The topological polar surface area (TPSA) is 60.3 Å². The number of nitrogens with zero attached hydrogens (tertiary/aromatic N) is 3. The minimum absolute atomic E-state index is 0.101. The second-order valence-electron chi connectivity index (χ2n) is 8.65. The predicted molar refractivity (Wildman–Crippen MR) is 134 cm³/mol. The molecule has 3 unspecified atom stereocenters. The van der Waals surface area contributed by atoms with Gasteiger partial charge < -0.3 is 15.5 Å². The molecule has 2 fully saturated rings. The van der Waals surface area contributed by atoms with E-state index in [2.05, 4.69) is 56.9 Å². The van der Waals surface area contributed by atoms with Gasteiger partial charge in [0.1, 0.15) is 5.01 Å². The Morgan fingerprint density at radius 1 is 1.15 bits per heavy atom. The summed E-state index contributed by atoms with van der Waals surface area (Å²) in [7, 11) is 0. The summed E-state index contributed by atoms with van der Waals surface area (Å²) in [6, 6.07) is 18.3. The van der Waals surface area contributed by atoms with Crippen LogP contribution in [0, 0.1) is 0 Å². The van der Waals surface area contributed by atoms with E-state index < -0.39 is 0 Å². The number of aromatic nitrogens is 1. The zero-order chi connectivity index (χ0) is 22.8. The molecule has 3 heterocycles. The van der Waals surface area contributed by atoms with Gasteiger partial charge in [-0.05, 0) is 49.2 Å². The van der Waals surface area contributed by atoms with Crippen molar-refractivity contribution in [3.63, 3.8) is 0 Å². The number of piperazine rings is 1. The fraction of sp³-hybridized carbons (Fsp3) is 0.385. The number of anilines is 1. The van der Waals surface area contributed by atoms with Crippen LogP contribution in [0.1, 0.15) is 46.4 Å². The first kappa shape index (κ1) is 22.1. The zero-order valence-corrected chi connectivity index (χ0v) is 20.0. The van der Waals surface area contributed by atoms with Crippen molar-refractivity contribution < 1.29 is 4.79 Å². The molecule has 7 heteroatoms. The summed E-state index contributed by atoms with van der Waals surface area (Å²) in [6.45, 7) is 8.31. The molecule has 2 aliphatic rings. The fourth-order valence-electron chi connectivity index (χ4n) is 4.98. The van der Waals surface area contributed by atoms with Crippen molar-refractivity contribution in [1.82, 2.24) is 20.1 Å². The van der Waals surface area contributed by atoms with Crippen LogP contribution in [0.3, 0.4) is 0 Å². The Balaban J connectivity index is 1.40. The summed E-state index contributed by atoms with van der Waals surface area (Å²) in [6.07, 6.45) is 1.84. The first-order valence-corrected chi connectivity index (χ1v) is 12.7. The maximum absolute atomic E-state index is 12.8. The van der Waals surface area contributed by atoms with Gasteiger partial charge in [-0.2, -0.15) is 0 Å². The summed E-state index contributed by atoms with van der Waals surface area (Å²) in [5.41, 5.74) is 4.37. The lowest BCUT2D eigenvalue weighted by molar-refractivity contribution is 0.0773. The minimum atomic E-state index is 0.101. The molecule has 0 saturated carbocycles. The fourth-order valence-corrected chi connectivity index (χ4v) is 5.53. The predicted octanol–water partition coefficient (Wildman–Crippen LogP) is 3.98. The van der Waals surface area contributed by atoms with Gasteiger partial charge in [0.2, 0.25) is 0 Å². The highest BCUT2D eigenvalue weighted by molar-refractivity contribution is 7.09. The van der Waals surface area contributed by atoms with Gasteiger partial charge in [0.25, 0.3) is 5.91 Å². The van der Waals surface area contributed by atoms with Crippen LogP contribution >= 0.6 is 11.3 Å². The highest BCUT2D eigenvalue weighted by Crippen LogP contribution is 2.44. The molecule has 0 bridgehead atoms. The third kappa shape index (κ3) is 4.53. The molecule has 1 amide bonds. The lowest BCUT2D eigenvalue weighted by Gasteiger charge is -2.24. The van der Waals surface area contributed by atoms with Crippen LogP contribution in [-0.2, 0) is 6.54 Å². The van der Waals surface area contributed by atoms with Gasteiger partial charge in [-0.3, -0.25) is 9.69 Å². The average molecular weight is 462 g/mol. The Bertz CT molecular complexity index is 1070. The second-order valence-corrected chi connectivity index (χ2v) is 9.63. The molecule has 1 aromatic heterocycles. The van der Waals surface area contributed by atoms with Crippen LogP contribution in [0.2, 0.25) is 0 Å². The van der Waals surface area contributed by atoms with Gasteiger partial charge in [0.15, 0.2) is 0 Å². The van der Waals surface area contributed by atoms with E-state index in [0.29, 0.717) is 12.1 Å². The first-order chi connectivity index (χ1) is 16.2. The normalized spacial score (nSPS) is 21.9. The molecule has 172 valence electrons. The summed E-state index contributed by atoms with van der Waals surface area (Å²) >= 11 is 1.66. The lowest BCUT2D eigenvalue weighted by atomic mass is 9.96. The molecule has 2 N–H and O–H groups in total. The van der Waals surface area contributed by atoms with Gasteiger partial charge in [0, 0.05) is 61.1 Å². The van der Waals surface area contributed by atoms with Crippen molar-refractivity contribution in [2.45, 2.75) is 38.5 Å². The van der Waals surface area contributed by atoms with Gasteiger partial charge in [-0.1, -0.05) is 24.3 Å². The summed E-state index contributed by atoms with van der Waals surface area (Å²) in [4.78, 5) is 21.6. The van der Waals surface area contributed by atoms with Gasteiger partial charge in [-0.15, -0.1) is 11.3 Å². The first-order valence-electron chi connectivity index (χ1n) is 11.8. The summed E-state index contributed by atoms with van der Waals surface area (Å²) in [5.74, 6) is 0.101. The van der Waals surface area contributed by atoms with Crippen LogP contribution in [0.4, 0.5) is 5.69 Å². The summed E-state index contributed by atoms with van der Waals surface area (Å²) < 4.78 is 0.